The highest BCUT2D eigenvalue weighted by Crippen LogP contribution is 2.39. The van der Waals surface area contributed by atoms with Crippen LogP contribution in [0.5, 0.6) is 0 Å². The van der Waals surface area contributed by atoms with E-state index in [1.807, 2.05) is 49.4 Å². The Morgan fingerprint density at radius 1 is 0.449 bits per heavy atom. The maximum atomic E-state index is 10.3. The molecule has 0 aliphatic carbocycles. The maximum Gasteiger partial charge on any atom is 0.0994 e. The van der Waals surface area contributed by atoms with E-state index in [1.165, 1.54) is 21.8 Å². The van der Waals surface area contributed by atoms with Gasteiger partial charge >= 0.3 is 0 Å². The van der Waals surface area contributed by atoms with Gasteiger partial charge in [0.2, 0.25) is 0 Å². The van der Waals surface area contributed by atoms with Crippen molar-refractivity contribution in [2.75, 3.05) is 0 Å². The number of benzene rings is 7. The molecule has 0 atom stereocenters. The summed E-state index contributed by atoms with van der Waals surface area (Å²) >= 11 is 0. The molecule has 2 aromatic heterocycles. The van der Waals surface area contributed by atoms with E-state index in [9.17, 15) is 10.5 Å². The molecule has 49 heavy (non-hydrogen) atoms. The molecular formula is C45H28N4. The Morgan fingerprint density at radius 3 is 1.67 bits per heavy atom. The molecule has 7 aromatic carbocycles. The van der Waals surface area contributed by atoms with Crippen LogP contribution < -0.4 is 0 Å². The topological polar surface area (TPSA) is 57.4 Å². The van der Waals surface area contributed by atoms with Crippen LogP contribution >= 0.6 is 0 Å². The summed E-state index contributed by atoms with van der Waals surface area (Å²) in [6, 6.07) is 57.3. The van der Waals surface area contributed by atoms with Gasteiger partial charge in [-0.15, -0.1) is 0 Å². The number of rotatable bonds is 4. The lowest BCUT2D eigenvalue weighted by Gasteiger charge is -2.17. The van der Waals surface area contributed by atoms with E-state index in [2.05, 4.69) is 130 Å². The fourth-order valence-corrected chi connectivity index (χ4v) is 7.49. The van der Waals surface area contributed by atoms with Gasteiger partial charge in [0.1, 0.15) is 0 Å². The van der Waals surface area contributed by atoms with Crippen molar-refractivity contribution in [2.24, 2.45) is 0 Å². The molecular weight excluding hydrogens is 597 g/mol. The monoisotopic (exact) mass is 624 g/mol. The number of nitrogens with zero attached hydrogens (tertiary/aromatic N) is 4. The van der Waals surface area contributed by atoms with Gasteiger partial charge in [-0.05, 0) is 95.9 Å². The minimum absolute atomic E-state index is 0.634. The third-order valence-electron chi connectivity index (χ3n) is 9.80. The van der Waals surface area contributed by atoms with Crippen LogP contribution in [-0.2, 0) is 0 Å². The Bertz CT molecular complexity index is 2800. The largest absolute Gasteiger partial charge is 0.309 e. The van der Waals surface area contributed by atoms with Gasteiger partial charge in [0.15, 0.2) is 0 Å². The summed E-state index contributed by atoms with van der Waals surface area (Å²) in [5, 5.41) is 24.6. The molecule has 0 N–H and O–H groups in total. The first kappa shape index (κ1) is 28.4. The van der Waals surface area contributed by atoms with Crippen LogP contribution in [0.2, 0.25) is 0 Å². The summed E-state index contributed by atoms with van der Waals surface area (Å²) in [4.78, 5) is 0. The second-order valence-electron chi connectivity index (χ2n) is 12.4. The van der Waals surface area contributed by atoms with Crippen LogP contribution in [0, 0.1) is 29.6 Å². The number of nitriles is 2. The molecule has 228 valence electrons. The lowest BCUT2D eigenvalue weighted by atomic mass is 9.91. The van der Waals surface area contributed by atoms with Gasteiger partial charge in [-0.1, -0.05) is 84.9 Å². The highest BCUT2D eigenvalue weighted by molar-refractivity contribution is 6.11. The van der Waals surface area contributed by atoms with E-state index >= 15 is 0 Å². The number of para-hydroxylation sites is 4. The van der Waals surface area contributed by atoms with E-state index in [-0.39, 0.29) is 0 Å². The molecule has 4 heteroatoms. The molecule has 0 aliphatic heterocycles. The first-order valence-electron chi connectivity index (χ1n) is 16.3. The average Bonchev–Trinajstić information content (AvgIpc) is 3.67. The zero-order chi connectivity index (χ0) is 33.1. The summed E-state index contributed by atoms with van der Waals surface area (Å²) in [5.74, 6) is 0. The van der Waals surface area contributed by atoms with Crippen molar-refractivity contribution < 1.29 is 0 Å². The van der Waals surface area contributed by atoms with Crippen LogP contribution in [0.4, 0.5) is 0 Å². The minimum Gasteiger partial charge on any atom is -0.309 e. The summed E-state index contributed by atoms with van der Waals surface area (Å²) in [6.07, 6.45) is 0. The Balaban J connectivity index is 1.21. The summed E-state index contributed by atoms with van der Waals surface area (Å²) in [6.45, 7) is 2.03. The van der Waals surface area contributed by atoms with Crippen molar-refractivity contribution in [1.82, 2.24) is 9.13 Å². The third-order valence-corrected chi connectivity index (χ3v) is 9.80. The minimum atomic E-state index is 0.634. The zero-order valence-corrected chi connectivity index (χ0v) is 26.7. The Kier molecular flexibility index (Phi) is 6.44. The van der Waals surface area contributed by atoms with Gasteiger partial charge in [0.05, 0.1) is 51.0 Å². The van der Waals surface area contributed by atoms with Gasteiger partial charge in [-0.3, -0.25) is 0 Å². The third kappa shape index (κ3) is 4.36. The molecule has 0 saturated carbocycles. The zero-order valence-electron chi connectivity index (χ0n) is 26.7. The molecule has 4 nitrogen and oxygen atoms in total. The highest BCUT2D eigenvalue weighted by atomic mass is 15.0. The molecule has 9 rings (SSSR count). The van der Waals surface area contributed by atoms with Crippen molar-refractivity contribution in [3.05, 3.63) is 168 Å². The summed E-state index contributed by atoms with van der Waals surface area (Å²) < 4.78 is 4.59. The predicted octanol–water partition coefficient (Wildman–Crippen LogP) is 11.3. The van der Waals surface area contributed by atoms with E-state index in [4.69, 9.17) is 0 Å². The van der Waals surface area contributed by atoms with E-state index < -0.39 is 0 Å². The number of hydrogen-bond donors (Lipinski definition) is 0. The first-order chi connectivity index (χ1) is 24.1. The van der Waals surface area contributed by atoms with Gasteiger partial charge in [0, 0.05) is 32.8 Å². The summed E-state index contributed by atoms with van der Waals surface area (Å²) in [7, 11) is 0. The normalized spacial score (nSPS) is 11.3. The van der Waals surface area contributed by atoms with Crippen LogP contribution in [0.15, 0.2) is 152 Å². The molecule has 0 aliphatic rings. The lowest BCUT2D eigenvalue weighted by molar-refractivity contribution is 1.18. The van der Waals surface area contributed by atoms with Crippen molar-refractivity contribution >= 4 is 43.6 Å². The van der Waals surface area contributed by atoms with Crippen molar-refractivity contribution in [1.29, 1.82) is 10.5 Å². The smallest absolute Gasteiger partial charge is 0.0994 e. The SMILES string of the molecule is Cc1c(C#N)cc(-c2ccccc2-n2c3ccccc3c3cc(C#N)ccc32)cc1-c1ccc(-n2c3ccccc3c3ccccc32)cc1. The second kappa shape index (κ2) is 11.1. The molecule has 0 spiro atoms. The number of fused-ring (bicyclic) bond motifs is 6. The number of aromatic nitrogens is 2. The quantitative estimate of drug-likeness (QED) is 0.196. The molecule has 0 radical (unpaired) electrons. The van der Waals surface area contributed by atoms with Crippen LogP contribution in [0.3, 0.4) is 0 Å². The Hall–Kier alpha value is -6.88. The fourth-order valence-electron chi connectivity index (χ4n) is 7.49. The predicted molar refractivity (Wildman–Crippen MR) is 200 cm³/mol. The van der Waals surface area contributed by atoms with Gasteiger partial charge in [0.25, 0.3) is 0 Å². The summed E-state index contributed by atoms with van der Waals surface area (Å²) in [5.41, 5.74) is 12.8. The Morgan fingerprint density at radius 2 is 1.02 bits per heavy atom. The van der Waals surface area contributed by atoms with E-state index in [0.717, 1.165) is 61.0 Å². The van der Waals surface area contributed by atoms with E-state index in [1.54, 1.807) is 0 Å². The fraction of sp³-hybridized carbons (Fsp3) is 0.0222. The highest BCUT2D eigenvalue weighted by Gasteiger charge is 2.18. The Labute approximate surface area is 283 Å². The molecule has 0 saturated heterocycles. The van der Waals surface area contributed by atoms with Crippen molar-refractivity contribution in [3.63, 3.8) is 0 Å². The van der Waals surface area contributed by atoms with Gasteiger partial charge in [-0.2, -0.15) is 10.5 Å². The molecule has 2 heterocycles. The van der Waals surface area contributed by atoms with Gasteiger partial charge < -0.3 is 9.13 Å². The van der Waals surface area contributed by atoms with Crippen molar-refractivity contribution in [3.8, 4) is 45.8 Å². The molecule has 0 unspecified atom stereocenters. The molecule has 0 amide bonds. The second-order valence-corrected chi connectivity index (χ2v) is 12.4. The average molecular weight is 625 g/mol. The molecule has 0 bridgehead atoms. The lowest BCUT2D eigenvalue weighted by Crippen LogP contribution is -1.99. The van der Waals surface area contributed by atoms with Crippen LogP contribution in [0.25, 0.3) is 77.2 Å². The van der Waals surface area contributed by atoms with Crippen LogP contribution in [-0.4, -0.2) is 9.13 Å². The van der Waals surface area contributed by atoms with Crippen LogP contribution in [0.1, 0.15) is 16.7 Å². The standard InChI is InChI=1S/C45H28N4/c1-29-33(28-47)25-32(35-10-2-6-14-41(35)49-44-17-9-5-13-38(44)40-24-30(27-46)18-23-45(40)49)26-39(29)31-19-21-34(22-20-31)48-42-15-7-3-11-36(42)37-12-4-8-16-43(37)48/h2-26H,1H3. The maximum absolute atomic E-state index is 10.3. The molecule has 9 aromatic rings. The first-order valence-corrected chi connectivity index (χ1v) is 16.3. The van der Waals surface area contributed by atoms with E-state index in [0.29, 0.717) is 11.1 Å². The number of hydrogen-bond acceptors (Lipinski definition) is 2. The van der Waals surface area contributed by atoms with Gasteiger partial charge in [-0.25, -0.2) is 0 Å². The van der Waals surface area contributed by atoms with Crippen molar-refractivity contribution in [2.45, 2.75) is 6.92 Å². The molecule has 0 fully saturated rings.